The zero-order chi connectivity index (χ0) is 28.5. The van der Waals surface area contributed by atoms with Crippen LogP contribution in [0.1, 0.15) is 34.6 Å². The Balaban J connectivity index is 1.84. The average Bonchev–Trinajstić information content (AvgIpc) is 3.41. The maximum absolute atomic E-state index is 13.4. The number of methoxy groups -OCH3 is 2. The number of nitrogens with one attached hydrogen (secondary N) is 2. The first-order valence-electron chi connectivity index (χ1n) is 12.0. The van der Waals surface area contributed by atoms with Crippen LogP contribution in [0.2, 0.25) is 0 Å². The molecule has 0 saturated heterocycles. The molecule has 39 heavy (non-hydrogen) atoms. The summed E-state index contributed by atoms with van der Waals surface area (Å²) < 4.78 is 9.83. The fourth-order valence-electron chi connectivity index (χ4n) is 3.69. The van der Waals surface area contributed by atoms with Crippen molar-refractivity contribution < 1.29 is 28.7 Å². The van der Waals surface area contributed by atoms with Gasteiger partial charge in [-0.15, -0.1) is 11.3 Å². The molecule has 4 amide bonds. The number of anilines is 2. The van der Waals surface area contributed by atoms with Crippen molar-refractivity contribution in [3.63, 3.8) is 0 Å². The second-order valence-corrected chi connectivity index (χ2v) is 9.61. The van der Waals surface area contributed by atoms with Crippen molar-refractivity contribution in [2.75, 3.05) is 38.5 Å². The smallest absolute Gasteiger partial charge is 0.357 e. The molecule has 0 radical (unpaired) electrons. The minimum Gasteiger partial charge on any atom is -0.497 e. The van der Waals surface area contributed by atoms with Gasteiger partial charge in [-0.1, -0.05) is 24.3 Å². The van der Waals surface area contributed by atoms with Gasteiger partial charge in [0.25, 0.3) is 0 Å². The Labute approximate surface area is 230 Å². The highest BCUT2D eigenvalue weighted by Crippen LogP contribution is 2.21. The molecular weight excluding hydrogens is 522 g/mol. The summed E-state index contributed by atoms with van der Waals surface area (Å²) in [5, 5.41) is 6.96. The van der Waals surface area contributed by atoms with Crippen molar-refractivity contribution >= 4 is 46.5 Å². The Bertz CT molecular complexity index is 1290. The van der Waals surface area contributed by atoms with E-state index in [2.05, 4.69) is 20.4 Å². The van der Waals surface area contributed by atoms with Crippen LogP contribution in [0.15, 0.2) is 53.9 Å². The van der Waals surface area contributed by atoms with E-state index in [0.717, 1.165) is 33.1 Å². The summed E-state index contributed by atoms with van der Waals surface area (Å²) in [5.41, 5.74) is 2.51. The van der Waals surface area contributed by atoms with Gasteiger partial charge in [-0.2, -0.15) is 0 Å². The van der Waals surface area contributed by atoms with Gasteiger partial charge in [-0.25, -0.2) is 14.6 Å². The first-order chi connectivity index (χ1) is 18.7. The van der Waals surface area contributed by atoms with Gasteiger partial charge in [-0.05, 0) is 42.3 Å². The molecule has 11 nitrogen and oxygen atoms in total. The number of hydrogen-bond donors (Lipinski definition) is 2. The zero-order valence-electron chi connectivity index (χ0n) is 22.3. The zero-order valence-corrected chi connectivity index (χ0v) is 23.2. The van der Waals surface area contributed by atoms with Gasteiger partial charge in [-0.3, -0.25) is 14.5 Å². The fraction of sp³-hybridized carbons (Fsp3) is 0.296. The number of hydrogen-bond acceptors (Lipinski definition) is 9. The number of benzene rings is 2. The molecular formula is C27H31N5O6S. The fourth-order valence-corrected chi connectivity index (χ4v) is 4.37. The highest BCUT2D eigenvalue weighted by molar-refractivity contribution is 7.14. The second kappa shape index (κ2) is 13.4. The summed E-state index contributed by atoms with van der Waals surface area (Å²) in [5.74, 6) is -0.621. The molecule has 12 heteroatoms. The third-order valence-corrected chi connectivity index (χ3v) is 6.71. The number of carbonyl (C=O) groups is 4. The monoisotopic (exact) mass is 553 g/mol. The topological polar surface area (TPSA) is 130 Å². The summed E-state index contributed by atoms with van der Waals surface area (Å²) in [6, 6.07) is 12.1. The minimum absolute atomic E-state index is 0.0342. The molecule has 0 spiro atoms. The van der Waals surface area contributed by atoms with Crippen LogP contribution in [0.25, 0.3) is 0 Å². The molecule has 2 aromatic carbocycles. The lowest BCUT2D eigenvalue weighted by molar-refractivity contribution is -0.127. The quantitative estimate of drug-likeness (QED) is 0.273. The van der Waals surface area contributed by atoms with E-state index in [-0.39, 0.29) is 17.2 Å². The molecule has 206 valence electrons. The number of esters is 1. The van der Waals surface area contributed by atoms with Crippen LogP contribution in [0, 0.1) is 0 Å². The number of urea groups is 1. The number of aromatic nitrogens is 1. The van der Waals surface area contributed by atoms with E-state index in [4.69, 9.17) is 4.74 Å². The lowest BCUT2D eigenvalue weighted by atomic mass is 10.0. The Morgan fingerprint density at radius 2 is 1.72 bits per heavy atom. The molecule has 0 fully saturated rings. The minimum atomic E-state index is -1.21. The van der Waals surface area contributed by atoms with Crippen LogP contribution in [-0.4, -0.2) is 68.6 Å². The second-order valence-electron chi connectivity index (χ2n) is 8.76. The molecule has 0 aliphatic rings. The first-order valence-corrected chi connectivity index (χ1v) is 12.8. The predicted molar refractivity (Wildman–Crippen MR) is 148 cm³/mol. The lowest BCUT2D eigenvalue weighted by Crippen LogP contribution is -2.52. The van der Waals surface area contributed by atoms with Gasteiger partial charge in [0.2, 0.25) is 12.3 Å². The Morgan fingerprint density at radius 1 is 1.05 bits per heavy atom. The molecule has 2 N–H and O–H groups in total. The maximum atomic E-state index is 13.4. The highest BCUT2D eigenvalue weighted by Gasteiger charge is 2.32. The lowest BCUT2D eigenvalue weighted by Gasteiger charge is -2.27. The van der Waals surface area contributed by atoms with Crippen molar-refractivity contribution in [2.24, 2.45) is 0 Å². The Hall–Kier alpha value is -4.45. The predicted octanol–water partition coefficient (Wildman–Crippen LogP) is 3.48. The van der Waals surface area contributed by atoms with Gasteiger partial charge < -0.3 is 25.0 Å². The molecule has 0 aliphatic carbocycles. The number of ether oxygens (including phenoxy) is 2. The number of carbonyl (C=O) groups excluding carboxylic acids is 4. The molecule has 1 unspecified atom stereocenters. The Kier molecular flexibility index (Phi) is 9.98. The normalized spacial score (nSPS) is 12.0. The first kappa shape index (κ1) is 29.1. The number of rotatable bonds is 11. The number of nitrogens with zero attached hydrogens (tertiary/aromatic N) is 3. The van der Waals surface area contributed by atoms with Crippen LogP contribution in [-0.2, 0) is 20.7 Å². The van der Waals surface area contributed by atoms with Gasteiger partial charge in [0.05, 0.1) is 20.3 Å². The van der Waals surface area contributed by atoms with E-state index in [9.17, 15) is 19.2 Å². The summed E-state index contributed by atoms with van der Waals surface area (Å²) >= 11 is 1.02. The van der Waals surface area contributed by atoms with Crippen LogP contribution >= 0.6 is 11.3 Å². The molecule has 3 rings (SSSR count). The molecule has 3 aromatic rings. The third kappa shape index (κ3) is 7.54. The van der Waals surface area contributed by atoms with Gasteiger partial charge in [0.15, 0.2) is 10.8 Å². The molecule has 0 aliphatic heterocycles. The van der Waals surface area contributed by atoms with Crippen LogP contribution in [0.5, 0.6) is 5.75 Å². The van der Waals surface area contributed by atoms with E-state index in [1.54, 1.807) is 38.3 Å². The highest BCUT2D eigenvalue weighted by atomic mass is 32.1. The van der Waals surface area contributed by atoms with Crippen molar-refractivity contribution in [3.05, 3.63) is 70.7 Å². The standard InChI is InChI=1S/C27H31N5O6S/c1-17(19-8-12-21(37-4)13-9-19)28-27(36)32(16-33)23(14-18-6-10-20(11-7-18)31(2)3)24(34)30-26-29-22(15-39-26)25(35)38-5/h6-13,15-17,23H,14H2,1-5H3,(H,28,36)(H,29,30,34)/t17-,23?/m0/s1. The van der Waals surface area contributed by atoms with Gasteiger partial charge in [0, 0.05) is 31.6 Å². The molecule has 1 aromatic heterocycles. The van der Waals surface area contributed by atoms with Gasteiger partial charge in [0.1, 0.15) is 11.8 Å². The molecule has 1 heterocycles. The number of amides is 4. The van der Waals surface area contributed by atoms with E-state index in [1.165, 1.54) is 12.5 Å². The molecule has 2 atom stereocenters. The largest absolute Gasteiger partial charge is 0.497 e. The summed E-state index contributed by atoms with van der Waals surface area (Å²) in [7, 11) is 6.60. The SMILES string of the molecule is COC(=O)c1csc(NC(=O)C(Cc2ccc(N(C)C)cc2)N(C=O)C(=O)N[C@@H](C)c2ccc(OC)cc2)n1. The maximum Gasteiger partial charge on any atom is 0.357 e. The molecule has 0 saturated carbocycles. The summed E-state index contributed by atoms with van der Waals surface area (Å²) in [4.78, 5) is 57.4. The van der Waals surface area contributed by atoms with E-state index in [1.807, 2.05) is 43.3 Å². The summed E-state index contributed by atoms with van der Waals surface area (Å²) in [6.07, 6.45) is 0.383. The van der Waals surface area contributed by atoms with Crippen LogP contribution in [0.4, 0.5) is 15.6 Å². The summed E-state index contributed by atoms with van der Waals surface area (Å²) in [6.45, 7) is 1.77. The van der Waals surface area contributed by atoms with E-state index >= 15 is 0 Å². The number of thiazole rings is 1. The van der Waals surface area contributed by atoms with Crippen LogP contribution < -0.4 is 20.3 Å². The van der Waals surface area contributed by atoms with Crippen molar-refractivity contribution in [1.82, 2.24) is 15.2 Å². The van der Waals surface area contributed by atoms with E-state index < -0.39 is 30.0 Å². The average molecular weight is 554 g/mol. The van der Waals surface area contributed by atoms with Crippen LogP contribution in [0.3, 0.4) is 0 Å². The Morgan fingerprint density at radius 3 is 2.28 bits per heavy atom. The third-order valence-electron chi connectivity index (χ3n) is 5.95. The van der Waals surface area contributed by atoms with Crippen molar-refractivity contribution in [3.8, 4) is 5.75 Å². The number of imide groups is 1. The van der Waals surface area contributed by atoms with E-state index in [0.29, 0.717) is 12.2 Å². The van der Waals surface area contributed by atoms with Gasteiger partial charge >= 0.3 is 12.0 Å². The van der Waals surface area contributed by atoms with Crippen molar-refractivity contribution in [2.45, 2.75) is 25.4 Å². The van der Waals surface area contributed by atoms with Crippen molar-refractivity contribution in [1.29, 1.82) is 0 Å². The molecule has 0 bridgehead atoms.